The van der Waals surface area contributed by atoms with E-state index in [2.05, 4.69) is 13.8 Å². The van der Waals surface area contributed by atoms with Crippen LogP contribution in [0.15, 0.2) is 12.3 Å². The SMILES string of the molecule is CCCCCCCCCCCCCCCC/C=C\OC[C@H](COP(=O)(O)OC[C@@H](O)CO)OC(=O)CCCCCCCCCCCCCCCCCCC. The van der Waals surface area contributed by atoms with E-state index in [1.54, 1.807) is 6.26 Å². The lowest BCUT2D eigenvalue weighted by atomic mass is 10.0. The normalized spacial score (nSPS) is 14.0. The Hall–Kier alpha value is -0.960. The van der Waals surface area contributed by atoms with Crippen molar-refractivity contribution in [3.8, 4) is 0 Å². The molecule has 0 aromatic carbocycles. The Morgan fingerprint density at radius 1 is 0.556 bits per heavy atom. The molecule has 0 fully saturated rings. The van der Waals surface area contributed by atoms with Crippen LogP contribution < -0.4 is 0 Å². The lowest BCUT2D eigenvalue weighted by Gasteiger charge is -2.20. The molecule has 0 saturated heterocycles. The summed E-state index contributed by atoms with van der Waals surface area (Å²) in [4.78, 5) is 22.6. The number of ether oxygens (including phenoxy) is 2. The van der Waals surface area contributed by atoms with Gasteiger partial charge in [-0.1, -0.05) is 200 Å². The molecule has 0 bridgehead atoms. The minimum Gasteiger partial charge on any atom is -0.498 e. The molecule has 10 heteroatoms. The molecule has 0 heterocycles. The fourth-order valence-corrected chi connectivity index (χ4v) is 7.35. The molecule has 54 heavy (non-hydrogen) atoms. The van der Waals surface area contributed by atoms with Crippen molar-refractivity contribution in [2.75, 3.05) is 26.4 Å². The van der Waals surface area contributed by atoms with E-state index in [0.29, 0.717) is 0 Å². The average molecular weight is 791 g/mol. The summed E-state index contributed by atoms with van der Waals surface area (Å²) in [5, 5.41) is 18.3. The molecular formula is C44H87O9P. The predicted octanol–water partition coefficient (Wildman–Crippen LogP) is 12.8. The second kappa shape index (κ2) is 41.7. The van der Waals surface area contributed by atoms with Crippen LogP contribution in [0.5, 0.6) is 0 Å². The number of hydrogen-bond donors (Lipinski definition) is 3. The van der Waals surface area contributed by atoms with Crippen LogP contribution in [0.3, 0.4) is 0 Å². The average Bonchev–Trinajstić information content (AvgIpc) is 3.16. The van der Waals surface area contributed by atoms with Crippen LogP contribution in [0.4, 0.5) is 0 Å². The van der Waals surface area contributed by atoms with Crippen LogP contribution in [0.25, 0.3) is 0 Å². The highest BCUT2D eigenvalue weighted by atomic mass is 31.2. The van der Waals surface area contributed by atoms with E-state index in [0.717, 1.165) is 32.1 Å². The zero-order valence-electron chi connectivity index (χ0n) is 35.2. The standard InChI is InChI=1S/C44H87O9P/c1-3-5-7-9-11-13-15-17-19-21-22-24-26-28-30-32-34-36-44(47)53-43(41-52-54(48,49)51-39-42(46)38-45)40-50-37-35-33-31-29-27-25-23-20-18-16-14-12-10-8-6-4-2/h35,37,42-43,45-46H,3-34,36,38-41H2,1-2H3,(H,48,49)/b37-35-/t42-,43+/m0/s1. The third-order valence-electron chi connectivity index (χ3n) is 10.0. The fraction of sp³-hybridized carbons (Fsp3) is 0.932. The molecule has 0 aliphatic heterocycles. The van der Waals surface area contributed by atoms with Crippen molar-refractivity contribution in [2.45, 2.75) is 238 Å². The second-order valence-electron chi connectivity index (χ2n) is 15.5. The van der Waals surface area contributed by atoms with Gasteiger partial charge in [-0.3, -0.25) is 13.8 Å². The first-order chi connectivity index (χ1) is 26.3. The molecule has 0 aromatic heterocycles. The maximum Gasteiger partial charge on any atom is 0.472 e. The van der Waals surface area contributed by atoms with Crippen LogP contribution in [-0.2, 0) is 27.9 Å². The third-order valence-corrected chi connectivity index (χ3v) is 11.0. The number of rotatable bonds is 44. The molecule has 9 nitrogen and oxygen atoms in total. The Labute approximate surface area is 332 Å². The van der Waals surface area contributed by atoms with E-state index in [1.165, 1.54) is 173 Å². The van der Waals surface area contributed by atoms with Crippen molar-refractivity contribution in [3.63, 3.8) is 0 Å². The number of aliphatic hydroxyl groups is 2. The van der Waals surface area contributed by atoms with Crippen LogP contribution in [0.2, 0.25) is 0 Å². The number of carbonyl (C=O) groups is 1. The van der Waals surface area contributed by atoms with Crippen molar-refractivity contribution < 1.29 is 43.0 Å². The molecule has 0 aromatic rings. The zero-order valence-corrected chi connectivity index (χ0v) is 36.1. The van der Waals surface area contributed by atoms with Gasteiger partial charge in [-0.15, -0.1) is 0 Å². The Bertz CT molecular complexity index is 856. The first kappa shape index (κ1) is 53.0. The Kier molecular flexibility index (Phi) is 40.9. The molecule has 3 N–H and O–H groups in total. The van der Waals surface area contributed by atoms with Gasteiger partial charge in [0.05, 0.1) is 26.1 Å². The Morgan fingerprint density at radius 2 is 0.926 bits per heavy atom. The summed E-state index contributed by atoms with van der Waals surface area (Å²) in [5.74, 6) is -0.399. The highest BCUT2D eigenvalue weighted by Crippen LogP contribution is 2.43. The summed E-state index contributed by atoms with van der Waals surface area (Å²) in [7, 11) is -4.53. The van der Waals surface area contributed by atoms with Gasteiger partial charge >= 0.3 is 13.8 Å². The molecule has 0 aliphatic carbocycles. The maximum absolute atomic E-state index is 12.6. The fourth-order valence-electron chi connectivity index (χ4n) is 6.56. The van der Waals surface area contributed by atoms with E-state index in [4.69, 9.17) is 23.6 Å². The number of allylic oxidation sites excluding steroid dienone is 1. The van der Waals surface area contributed by atoms with Crippen LogP contribution in [0, 0.1) is 0 Å². The maximum atomic E-state index is 12.6. The minimum absolute atomic E-state index is 0.0285. The van der Waals surface area contributed by atoms with Crippen molar-refractivity contribution in [1.29, 1.82) is 0 Å². The third kappa shape index (κ3) is 40.7. The summed E-state index contributed by atoms with van der Waals surface area (Å²) in [6, 6.07) is 0. The van der Waals surface area contributed by atoms with Gasteiger partial charge in [0.15, 0.2) is 6.10 Å². The quantitative estimate of drug-likeness (QED) is 0.0239. The van der Waals surface area contributed by atoms with E-state index in [-0.39, 0.29) is 13.0 Å². The summed E-state index contributed by atoms with van der Waals surface area (Å²) in [6.07, 6.45) is 42.6. The lowest BCUT2D eigenvalue weighted by molar-refractivity contribution is -0.153. The number of aliphatic hydroxyl groups excluding tert-OH is 2. The van der Waals surface area contributed by atoms with Gasteiger partial charge in [0.25, 0.3) is 0 Å². The van der Waals surface area contributed by atoms with Gasteiger partial charge in [-0.25, -0.2) is 4.57 Å². The smallest absolute Gasteiger partial charge is 0.472 e. The largest absolute Gasteiger partial charge is 0.498 e. The highest BCUT2D eigenvalue weighted by molar-refractivity contribution is 7.47. The van der Waals surface area contributed by atoms with Gasteiger partial charge in [0.2, 0.25) is 0 Å². The van der Waals surface area contributed by atoms with Crippen molar-refractivity contribution >= 4 is 13.8 Å². The van der Waals surface area contributed by atoms with E-state index >= 15 is 0 Å². The monoisotopic (exact) mass is 791 g/mol. The molecular weight excluding hydrogens is 703 g/mol. The minimum atomic E-state index is -4.53. The second-order valence-corrected chi connectivity index (χ2v) is 17.0. The Morgan fingerprint density at radius 3 is 1.33 bits per heavy atom. The van der Waals surface area contributed by atoms with Gasteiger partial charge in [-0.05, 0) is 25.3 Å². The van der Waals surface area contributed by atoms with Gasteiger partial charge < -0.3 is 24.6 Å². The number of hydrogen-bond acceptors (Lipinski definition) is 8. The Balaban J connectivity index is 4.15. The van der Waals surface area contributed by atoms with E-state index < -0.39 is 45.8 Å². The van der Waals surface area contributed by atoms with Crippen molar-refractivity contribution in [3.05, 3.63) is 12.3 Å². The van der Waals surface area contributed by atoms with Crippen LogP contribution in [-0.4, -0.2) is 59.7 Å². The molecule has 0 radical (unpaired) electrons. The first-order valence-corrected chi connectivity index (χ1v) is 24.2. The molecule has 3 atom stereocenters. The zero-order chi connectivity index (χ0) is 39.6. The van der Waals surface area contributed by atoms with Gasteiger partial charge in [0.1, 0.15) is 12.7 Å². The molecule has 0 aliphatic rings. The number of carbonyl (C=O) groups excluding carboxylic acids is 1. The molecule has 0 saturated carbocycles. The number of unbranched alkanes of at least 4 members (excludes halogenated alkanes) is 30. The van der Waals surface area contributed by atoms with Gasteiger partial charge in [0, 0.05) is 6.42 Å². The topological polar surface area (TPSA) is 132 Å². The molecule has 1 unspecified atom stereocenters. The van der Waals surface area contributed by atoms with Crippen LogP contribution >= 0.6 is 7.82 Å². The summed E-state index contributed by atoms with van der Waals surface area (Å²) in [6.45, 7) is 2.93. The molecule has 0 rings (SSSR count). The number of phosphoric ester groups is 1. The summed E-state index contributed by atoms with van der Waals surface area (Å²) < 4.78 is 33.2. The summed E-state index contributed by atoms with van der Waals surface area (Å²) >= 11 is 0. The van der Waals surface area contributed by atoms with Crippen LogP contribution in [0.1, 0.15) is 226 Å². The molecule has 0 spiro atoms. The summed E-state index contributed by atoms with van der Waals surface area (Å²) in [5.41, 5.74) is 0. The highest BCUT2D eigenvalue weighted by Gasteiger charge is 2.26. The first-order valence-electron chi connectivity index (χ1n) is 22.7. The van der Waals surface area contributed by atoms with E-state index in [1.807, 2.05) is 6.08 Å². The van der Waals surface area contributed by atoms with Gasteiger partial charge in [-0.2, -0.15) is 0 Å². The number of phosphoric acid groups is 1. The molecule has 322 valence electrons. The lowest BCUT2D eigenvalue weighted by Crippen LogP contribution is -2.28. The number of esters is 1. The van der Waals surface area contributed by atoms with Crippen molar-refractivity contribution in [2.24, 2.45) is 0 Å². The predicted molar refractivity (Wildman–Crippen MR) is 224 cm³/mol. The molecule has 0 amide bonds. The van der Waals surface area contributed by atoms with Crippen molar-refractivity contribution in [1.82, 2.24) is 0 Å². The van der Waals surface area contributed by atoms with E-state index in [9.17, 15) is 19.4 Å².